The molecule has 1 aromatic carbocycles. The van der Waals surface area contributed by atoms with E-state index in [-0.39, 0.29) is 29.4 Å². The van der Waals surface area contributed by atoms with Gasteiger partial charge in [-0.2, -0.15) is 0 Å². The Morgan fingerprint density at radius 3 is 2.58 bits per heavy atom. The van der Waals surface area contributed by atoms with Crippen molar-refractivity contribution >= 4 is 21.7 Å². The Bertz CT molecular complexity index is 702. The van der Waals surface area contributed by atoms with Crippen LogP contribution in [0.3, 0.4) is 0 Å². The first-order chi connectivity index (χ1) is 11.4. The van der Waals surface area contributed by atoms with Gasteiger partial charge in [0.05, 0.1) is 11.5 Å². The highest BCUT2D eigenvalue weighted by atomic mass is 32.2. The Balaban J connectivity index is 1.94. The van der Waals surface area contributed by atoms with Crippen molar-refractivity contribution in [1.29, 1.82) is 0 Å². The van der Waals surface area contributed by atoms with Crippen molar-refractivity contribution in [2.45, 2.75) is 18.9 Å². The van der Waals surface area contributed by atoms with Crippen molar-refractivity contribution < 1.29 is 22.7 Å². The molecular weight excluding hydrogens is 332 g/mol. The number of hydrogen-bond acceptors (Lipinski definition) is 5. The third kappa shape index (κ3) is 5.31. The van der Waals surface area contributed by atoms with E-state index in [2.05, 4.69) is 10.6 Å². The second kappa shape index (κ2) is 8.25. The molecule has 2 rings (SSSR count). The van der Waals surface area contributed by atoms with Gasteiger partial charge < -0.3 is 15.4 Å². The number of methoxy groups -OCH3 is 1. The lowest BCUT2D eigenvalue weighted by atomic mass is 10.1. The number of amides is 2. The molecule has 0 spiro atoms. The number of benzene rings is 1. The number of rotatable bonds is 7. The Hall–Kier alpha value is -1.93. The summed E-state index contributed by atoms with van der Waals surface area (Å²) in [6.45, 7) is 1.05. The van der Waals surface area contributed by atoms with Crippen LogP contribution in [-0.4, -0.2) is 58.0 Å². The first-order valence-electron chi connectivity index (χ1n) is 7.80. The topological polar surface area (TPSA) is 102 Å². The number of carbonyl (C=O) groups excluding carboxylic acids is 2. The van der Waals surface area contributed by atoms with Crippen molar-refractivity contribution in [2.24, 2.45) is 0 Å². The highest BCUT2D eigenvalue weighted by Crippen LogP contribution is 2.13. The maximum Gasteiger partial charge on any atom is 0.251 e. The monoisotopic (exact) mass is 354 g/mol. The van der Waals surface area contributed by atoms with Crippen LogP contribution in [0.15, 0.2) is 24.3 Å². The molecule has 1 fully saturated rings. The fourth-order valence-electron chi connectivity index (χ4n) is 2.50. The molecule has 0 bridgehead atoms. The fraction of sp³-hybridized carbons (Fsp3) is 0.500. The highest BCUT2D eigenvalue weighted by molar-refractivity contribution is 7.91. The number of carbonyl (C=O) groups is 2. The average Bonchev–Trinajstić information content (AvgIpc) is 2.90. The van der Waals surface area contributed by atoms with Gasteiger partial charge in [-0.25, -0.2) is 8.42 Å². The first-order valence-corrected chi connectivity index (χ1v) is 9.62. The minimum absolute atomic E-state index is 0.0293. The van der Waals surface area contributed by atoms with Crippen LogP contribution in [0.25, 0.3) is 0 Å². The van der Waals surface area contributed by atoms with Gasteiger partial charge in [-0.15, -0.1) is 0 Å². The summed E-state index contributed by atoms with van der Waals surface area (Å²) in [6.07, 6.45) is 1.13. The first kappa shape index (κ1) is 18.4. The lowest BCUT2D eigenvalue weighted by Crippen LogP contribution is -2.35. The summed E-state index contributed by atoms with van der Waals surface area (Å²) in [5.41, 5.74) is 0.725. The van der Waals surface area contributed by atoms with Crippen LogP contribution in [0, 0.1) is 0 Å². The number of nitrogens with one attached hydrogen (secondary N) is 2. The molecule has 2 N–H and O–H groups in total. The van der Waals surface area contributed by atoms with Gasteiger partial charge >= 0.3 is 0 Å². The molecule has 1 unspecified atom stereocenters. The van der Waals surface area contributed by atoms with Crippen molar-refractivity contribution in [3.05, 3.63) is 35.4 Å². The third-order valence-corrected chi connectivity index (χ3v) is 5.53. The van der Waals surface area contributed by atoms with Gasteiger partial charge in [0.15, 0.2) is 9.84 Å². The van der Waals surface area contributed by atoms with Gasteiger partial charge in [0.1, 0.15) is 0 Å². The molecule has 1 atom stereocenters. The molecule has 0 saturated carbocycles. The summed E-state index contributed by atoms with van der Waals surface area (Å²) in [5.74, 6) is -0.560. The summed E-state index contributed by atoms with van der Waals surface area (Å²) in [7, 11) is -1.45. The zero-order chi connectivity index (χ0) is 17.6. The van der Waals surface area contributed by atoms with Crippen molar-refractivity contribution in [2.75, 3.05) is 31.8 Å². The second-order valence-corrected chi connectivity index (χ2v) is 7.99. The molecule has 132 valence electrons. The molecule has 0 aromatic heterocycles. The van der Waals surface area contributed by atoms with Crippen LogP contribution in [0.5, 0.6) is 0 Å². The summed E-state index contributed by atoms with van der Waals surface area (Å²) in [5, 5.41) is 5.46. The SMILES string of the molecule is COCCCNC(=O)c1cccc(C(=O)NC2CCS(=O)(=O)C2)c1. The molecule has 1 heterocycles. The molecule has 2 amide bonds. The van der Waals surface area contributed by atoms with Crippen LogP contribution in [-0.2, 0) is 14.6 Å². The number of ether oxygens (including phenoxy) is 1. The van der Waals surface area contributed by atoms with Crippen LogP contribution in [0.4, 0.5) is 0 Å². The van der Waals surface area contributed by atoms with E-state index in [0.29, 0.717) is 37.1 Å². The molecule has 8 heteroatoms. The smallest absolute Gasteiger partial charge is 0.251 e. The maximum atomic E-state index is 12.2. The zero-order valence-electron chi connectivity index (χ0n) is 13.6. The average molecular weight is 354 g/mol. The van der Waals surface area contributed by atoms with E-state index in [1.54, 1.807) is 25.3 Å². The molecule has 7 nitrogen and oxygen atoms in total. The third-order valence-electron chi connectivity index (χ3n) is 3.77. The summed E-state index contributed by atoms with van der Waals surface area (Å²) >= 11 is 0. The Kier molecular flexibility index (Phi) is 6.33. The van der Waals surface area contributed by atoms with E-state index in [0.717, 1.165) is 0 Å². The van der Waals surface area contributed by atoms with Gasteiger partial charge in [-0.3, -0.25) is 9.59 Å². The largest absolute Gasteiger partial charge is 0.385 e. The van der Waals surface area contributed by atoms with Gasteiger partial charge in [0, 0.05) is 37.4 Å². The minimum Gasteiger partial charge on any atom is -0.385 e. The number of hydrogen-bond donors (Lipinski definition) is 2. The maximum absolute atomic E-state index is 12.2. The van der Waals surface area contributed by atoms with Crippen LogP contribution in [0.2, 0.25) is 0 Å². The lowest BCUT2D eigenvalue weighted by molar-refractivity contribution is 0.0941. The molecule has 0 radical (unpaired) electrons. The Morgan fingerprint density at radius 2 is 1.96 bits per heavy atom. The van der Waals surface area contributed by atoms with E-state index in [4.69, 9.17) is 4.74 Å². The molecular formula is C16H22N2O5S. The van der Waals surface area contributed by atoms with E-state index in [1.165, 1.54) is 6.07 Å². The zero-order valence-corrected chi connectivity index (χ0v) is 14.4. The molecule has 1 saturated heterocycles. The van der Waals surface area contributed by atoms with Crippen LogP contribution < -0.4 is 10.6 Å². The van der Waals surface area contributed by atoms with Crippen molar-refractivity contribution in [3.63, 3.8) is 0 Å². The van der Waals surface area contributed by atoms with Crippen molar-refractivity contribution in [1.82, 2.24) is 10.6 Å². The Labute approximate surface area is 141 Å². The van der Waals surface area contributed by atoms with E-state index in [1.807, 2.05) is 0 Å². The van der Waals surface area contributed by atoms with Gasteiger partial charge in [0.25, 0.3) is 11.8 Å². The normalized spacial score (nSPS) is 19.0. The van der Waals surface area contributed by atoms with E-state index in [9.17, 15) is 18.0 Å². The van der Waals surface area contributed by atoms with Gasteiger partial charge in [0.2, 0.25) is 0 Å². The molecule has 1 aliphatic rings. The second-order valence-electron chi connectivity index (χ2n) is 5.76. The van der Waals surface area contributed by atoms with Gasteiger partial charge in [-0.05, 0) is 31.0 Å². The van der Waals surface area contributed by atoms with E-state index < -0.39 is 9.84 Å². The minimum atomic E-state index is -3.05. The quantitative estimate of drug-likeness (QED) is 0.689. The van der Waals surface area contributed by atoms with Crippen LogP contribution >= 0.6 is 0 Å². The standard InChI is InChI=1S/C16H22N2O5S/c1-23-8-3-7-17-15(19)12-4-2-5-13(10-12)16(20)18-14-6-9-24(21,22)11-14/h2,4-5,10,14H,3,6-9,11H2,1H3,(H,17,19)(H,18,20). The molecule has 24 heavy (non-hydrogen) atoms. The Morgan fingerprint density at radius 1 is 1.25 bits per heavy atom. The molecule has 0 aliphatic carbocycles. The summed E-state index contributed by atoms with van der Waals surface area (Å²) in [6, 6.07) is 5.99. The van der Waals surface area contributed by atoms with Crippen molar-refractivity contribution in [3.8, 4) is 0 Å². The van der Waals surface area contributed by atoms with E-state index >= 15 is 0 Å². The number of sulfone groups is 1. The van der Waals surface area contributed by atoms with Gasteiger partial charge in [-0.1, -0.05) is 6.07 Å². The predicted octanol–water partition coefficient (Wildman–Crippen LogP) is 0.370. The molecule has 1 aromatic rings. The highest BCUT2D eigenvalue weighted by Gasteiger charge is 2.29. The predicted molar refractivity (Wildman–Crippen MR) is 89.8 cm³/mol. The summed E-state index contributed by atoms with van der Waals surface area (Å²) < 4.78 is 27.8. The molecule has 1 aliphatic heterocycles. The van der Waals surface area contributed by atoms with Crippen LogP contribution in [0.1, 0.15) is 33.6 Å². The fourth-order valence-corrected chi connectivity index (χ4v) is 4.17. The lowest BCUT2D eigenvalue weighted by Gasteiger charge is -2.11. The summed E-state index contributed by atoms with van der Waals surface area (Å²) in [4.78, 5) is 24.3.